The van der Waals surface area contributed by atoms with Gasteiger partial charge in [-0.1, -0.05) is 0 Å². The molecule has 1 aliphatic rings. The van der Waals surface area contributed by atoms with Crippen LogP contribution in [0, 0.1) is 0 Å². The van der Waals surface area contributed by atoms with Crippen molar-refractivity contribution in [3.05, 3.63) is 0 Å². The lowest BCUT2D eigenvalue weighted by Crippen LogP contribution is -2.39. The van der Waals surface area contributed by atoms with Crippen molar-refractivity contribution in [2.24, 2.45) is 0 Å². The largest absolute Gasteiger partial charge is 0.391 e. The van der Waals surface area contributed by atoms with Gasteiger partial charge in [-0.15, -0.1) is 0 Å². The molecule has 0 saturated carbocycles. The molecule has 0 aliphatic carbocycles. The first-order chi connectivity index (χ1) is 5.83. The molecule has 1 saturated heterocycles. The van der Waals surface area contributed by atoms with E-state index < -0.39 is 30.2 Å². The second-order valence-electron chi connectivity index (χ2n) is 4.05. The Morgan fingerprint density at radius 3 is 1.54 bits per heavy atom. The molecule has 4 atom stereocenters. The average molecular weight is 190 g/mol. The van der Waals surface area contributed by atoms with Crippen LogP contribution in [0.25, 0.3) is 0 Å². The van der Waals surface area contributed by atoms with E-state index in [1.54, 1.807) is 27.7 Å². The van der Waals surface area contributed by atoms with Gasteiger partial charge in [-0.05, 0) is 27.7 Å². The van der Waals surface area contributed by atoms with Gasteiger partial charge in [-0.3, -0.25) is 0 Å². The fourth-order valence-corrected chi connectivity index (χ4v) is 1.56. The summed E-state index contributed by atoms with van der Waals surface area (Å²) in [5, 5.41) is 18.8. The minimum Gasteiger partial charge on any atom is -0.391 e. The summed E-state index contributed by atoms with van der Waals surface area (Å²) in [5.41, 5.74) is 0. The minimum atomic E-state index is -0.719. The third-order valence-electron chi connectivity index (χ3n) is 2.11. The van der Waals surface area contributed by atoms with Crippen LogP contribution >= 0.6 is 0 Å². The molecule has 0 unspecified atom stereocenters. The van der Waals surface area contributed by atoms with Gasteiger partial charge < -0.3 is 19.7 Å². The first kappa shape index (κ1) is 10.9. The molecule has 1 aliphatic heterocycles. The Labute approximate surface area is 78.5 Å². The lowest BCUT2D eigenvalue weighted by molar-refractivity contribution is -0.159. The van der Waals surface area contributed by atoms with Gasteiger partial charge in [0, 0.05) is 0 Å². The Balaban J connectivity index is 2.71. The van der Waals surface area contributed by atoms with Crippen LogP contribution in [0.4, 0.5) is 0 Å². The molecule has 78 valence electrons. The van der Waals surface area contributed by atoms with Crippen molar-refractivity contribution in [1.82, 2.24) is 0 Å². The van der Waals surface area contributed by atoms with E-state index >= 15 is 0 Å². The predicted molar refractivity (Wildman–Crippen MR) is 47.2 cm³/mol. The minimum absolute atomic E-state index is 0.449. The highest BCUT2D eigenvalue weighted by Crippen LogP contribution is 2.31. The molecule has 0 radical (unpaired) electrons. The van der Waals surface area contributed by atoms with Gasteiger partial charge in [0.1, 0.15) is 12.2 Å². The maximum atomic E-state index is 9.39. The molecule has 0 aromatic carbocycles. The van der Waals surface area contributed by atoms with E-state index in [0.29, 0.717) is 0 Å². The van der Waals surface area contributed by atoms with Gasteiger partial charge in [-0.25, -0.2) is 0 Å². The molecular weight excluding hydrogens is 172 g/mol. The summed E-state index contributed by atoms with van der Waals surface area (Å²) in [4.78, 5) is 0. The van der Waals surface area contributed by atoms with Crippen LogP contribution in [0.5, 0.6) is 0 Å². The highest BCUT2D eigenvalue weighted by atomic mass is 16.8. The standard InChI is InChI=1S/C9H18O4/c1-5(10)7-8(6(2)11)13-9(3,4)12-7/h5-8,10-11H,1-4H3/t5-,6-,7-,8-/m0/s1. The van der Waals surface area contributed by atoms with E-state index in [1.165, 1.54) is 0 Å². The molecular formula is C9H18O4. The van der Waals surface area contributed by atoms with Gasteiger partial charge in [0.15, 0.2) is 5.79 Å². The first-order valence-electron chi connectivity index (χ1n) is 4.55. The van der Waals surface area contributed by atoms with E-state index in [1.807, 2.05) is 0 Å². The number of ether oxygens (including phenoxy) is 2. The zero-order valence-corrected chi connectivity index (χ0v) is 8.52. The lowest BCUT2D eigenvalue weighted by Gasteiger charge is -2.20. The van der Waals surface area contributed by atoms with Crippen LogP contribution in [0.3, 0.4) is 0 Å². The van der Waals surface area contributed by atoms with Crippen molar-refractivity contribution in [3.63, 3.8) is 0 Å². The van der Waals surface area contributed by atoms with E-state index in [0.717, 1.165) is 0 Å². The van der Waals surface area contributed by atoms with Crippen molar-refractivity contribution in [3.8, 4) is 0 Å². The number of hydrogen-bond donors (Lipinski definition) is 2. The SMILES string of the molecule is C[C@H](O)[C@@H]1OC(C)(C)O[C@H]1[C@H](C)O. The van der Waals surface area contributed by atoms with Gasteiger partial charge in [-0.2, -0.15) is 0 Å². The smallest absolute Gasteiger partial charge is 0.164 e. The van der Waals surface area contributed by atoms with E-state index in [4.69, 9.17) is 9.47 Å². The third kappa shape index (κ3) is 2.40. The third-order valence-corrected chi connectivity index (χ3v) is 2.11. The molecule has 1 fully saturated rings. The molecule has 2 N–H and O–H groups in total. The summed E-state index contributed by atoms with van der Waals surface area (Å²) in [7, 11) is 0. The zero-order valence-electron chi connectivity index (χ0n) is 8.52. The summed E-state index contributed by atoms with van der Waals surface area (Å²) in [6, 6.07) is 0. The highest BCUT2D eigenvalue weighted by Gasteiger charge is 2.45. The summed E-state index contributed by atoms with van der Waals surface area (Å²) in [5.74, 6) is -0.719. The normalized spacial score (nSPS) is 37.4. The summed E-state index contributed by atoms with van der Waals surface area (Å²) < 4.78 is 10.9. The van der Waals surface area contributed by atoms with Crippen molar-refractivity contribution in [2.45, 2.75) is 57.9 Å². The first-order valence-corrected chi connectivity index (χ1v) is 4.55. The van der Waals surface area contributed by atoms with Crippen molar-refractivity contribution in [2.75, 3.05) is 0 Å². The quantitative estimate of drug-likeness (QED) is 0.656. The number of aliphatic hydroxyl groups excluding tert-OH is 2. The molecule has 0 bridgehead atoms. The summed E-state index contributed by atoms with van der Waals surface area (Å²) in [6.45, 7) is 6.80. The van der Waals surface area contributed by atoms with E-state index in [2.05, 4.69) is 0 Å². The average Bonchev–Trinajstić information content (AvgIpc) is 2.26. The molecule has 0 spiro atoms. The topological polar surface area (TPSA) is 58.9 Å². The second kappa shape index (κ2) is 3.53. The molecule has 4 nitrogen and oxygen atoms in total. The molecule has 4 heteroatoms. The van der Waals surface area contributed by atoms with Crippen LogP contribution in [0.2, 0.25) is 0 Å². The second-order valence-corrected chi connectivity index (χ2v) is 4.05. The Bertz CT molecular complexity index is 158. The van der Waals surface area contributed by atoms with Crippen molar-refractivity contribution in [1.29, 1.82) is 0 Å². The van der Waals surface area contributed by atoms with Gasteiger partial charge in [0.05, 0.1) is 12.2 Å². The van der Waals surface area contributed by atoms with Crippen LogP contribution in [0.1, 0.15) is 27.7 Å². The summed E-state index contributed by atoms with van der Waals surface area (Å²) >= 11 is 0. The fraction of sp³-hybridized carbons (Fsp3) is 1.00. The maximum Gasteiger partial charge on any atom is 0.164 e. The monoisotopic (exact) mass is 190 g/mol. The van der Waals surface area contributed by atoms with Crippen LogP contribution in [-0.4, -0.2) is 40.4 Å². The molecule has 0 amide bonds. The van der Waals surface area contributed by atoms with E-state index in [9.17, 15) is 10.2 Å². The van der Waals surface area contributed by atoms with Crippen molar-refractivity contribution < 1.29 is 19.7 Å². The fourth-order valence-electron chi connectivity index (χ4n) is 1.56. The molecule has 0 aromatic rings. The number of rotatable bonds is 2. The van der Waals surface area contributed by atoms with Gasteiger partial charge in [0.2, 0.25) is 0 Å². The lowest BCUT2D eigenvalue weighted by atomic mass is 10.1. The van der Waals surface area contributed by atoms with Crippen molar-refractivity contribution >= 4 is 0 Å². The van der Waals surface area contributed by atoms with Gasteiger partial charge >= 0.3 is 0 Å². The molecule has 1 heterocycles. The molecule has 0 aromatic heterocycles. The van der Waals surface area contributed by atoms with Crippen LogP contribution in [0.15, 0.2) is 0 Å². The van der Waals surface area contributed by atoms with Gasteiger partial charge in [0.25, 0.3) is 0 Å². The molecule has 1 rings (SSSR count). The number of aliphatic hydroxyl groups is 2. The molecule has 13 heavy (non-hydrogen) atoms. The Morgan fingerprint density at radius 1 is 1.00 bits per heavy atom. The Kier molecular flexibility index (Phi) is 2.97. The Morgan fingerprint density at radius 2 is 1.31 bits per heavy atom. The predicted octanol–water partition coefficient (Wildman–Crippen LogP) is 0.268. The van der Waals surface area contributed by atoms with E-state index in [-0.39, 0.29) is 0 Å². The maximum absolute atomic E-state index is 9.39. The summed E-state index contributed by atoms with van der Waals surface area (Å²) in [6.07, 6.45) is -2.17. The number of hydrogen-bond acceptors (Lipinski definition) is 4. The van der Waals surface area contributed by atoms with Crippen LogP contribution in [-0.2, 0) is 9.47 Å². The Hall–Kier alpha value is -0.160. The highest BCUT2D eigenvalue weighted by molar-refractivity contribution is 4.87. The van der Waals surface area contributed by atoms with Crippen LogP contribution < -0.4 is 0 Å². The zero-order chi connectivity index (χ0) is 10.2.